The highest BCUT2D eigenvalue weighted by molar-refractivity contribution is 5.44. The average molecular weight is 360 g/mol. The molecule has 0 radical (unpaired) electrons. The maximum absolute atomic E-state index is 9.88. The van der Waals surface area contributed by atoms with E-state index in [0.29, 0.717) is 11.8 Å². The van der Waals surface area contributed by atoms with Crippen molar-refractivity contribution in [3.05, 3.63) is 28.8 Å². The highest BCUT2D eigenvalue weighted by Crippen LogP contribution is 2.33. The van der Waals surface area contributed by atoms with E-state index in [9.17, 15) is 5.11 Å². The van der Waals surface area contributed by atoms with Gasteiger partial charge < -0.3 is 14.6 Å². The molecule has 3 aliphatic rings. The van der Waals surface area contributed by atoms with Crippen LogP contribution in [0.1, 0.15) is 23.1 Å². The van der Waals surface area contributed by atoms with Crippen LogP contribution >= 0.6 is 0 Å². The Hall–Kier alpha value is -1.14. The molecule has 0 amide bonds. The second-order valence-electron chi connectivity index (χ2n) is 8.10. The largest absolute Gasteiger partial charge is 0.496 e. The topological polar surface area (TPSA) is 45.2 Å². The first-order valence-electron chi connectivity index (χ1n) is 10.1. The van der Waals surface area contributed by atoms with Crippen molar-refractivity contribution in [2.24, 2.45) is 11.8 Å². The minimum Gasteiger partial charge on any atom is -0.496 e. The maximum atomic E-state index is 9.88. The van der Waals surface area contributed by atoms with E-state index in [1.807, 2.05) is 0 Å². The van der Waals surface area contributed by atoms with Crippen molar-refractivity contribution in [2.45, 2.75) is 25.8 Å². The van der Waals surface area contributed by atoms with Gasteiger partial charge in [-0.2, -0.15) is 0 Å². The molecule has 4 rings (SSSR count). The second kappa shape index (κ2) is 8.26. The third-order valence-corrected chi connectivity index (χ3v) is 6.37. The molecule has 1 aliphatic carbocycles. The van der Waals surface area contributed by atoms with Crippen LogP contribution in [0.2, 0.25) is 0 Å². The number of methoxy groups -OCH3 is 1. The van der Waals surface area contributed by atoms with E-state index >= 15 is 0 Å². The van der Waals surface area contributed by atoms with Crippen molar-refractivity contribution in [3.63, 3.8) is 0 Å². The quantitative estimate of drug-likeness (QED) is 0.834. The third-order valence-electron chi connectivity index (χ3n) is 6.37. The van der Waals surface area contributed by atoms with E-state index < -0.39 is 0 Å². The summed E-state index contributed by atoms with van der Waals surface area (Å²) in [7, 11) is 1.78. The number of morpholine rings is 1. The first-order chi connectivity index (χ1) is 12.8. The van der Waals surface area contributed by atoms with Crippen molar-refractivity contribution < 1.29 is 14.6 Å². The van der Waals surface area contributed by atoms with Crippen molar-refractivity contribution in [1.29, 1.82) is 0 Å². The summed E-state index contributed by atoms with van der Waals surface area (Å²) in [4.78, 5) is 5.00. The van der Waals surface area contributed by atoms with Crippen LogP contribution in [0.3, 0.4) is 0 Å². The van der Waals surface area contributed by atoms with Crippen molar-refractivity contribution >= 4 is 0 Å². The molecule has 2 atom stereocenters. The van der Waals surface area contributed by atoms with Crippen molar-refractivity contribution in [2.75, 3.05) is 59.7 Å². The molecule has 5 heteroatoms. The Morgan fingerprint density at radius 2 is 1.81 bits per heavy atom. The summed E-state index contributed by atoms with van der Waals surface area (Å²) < 4.78 is 11.1. The summed E-state index contributed by atoms with van der Waals surface area (Å²) in [6.45, 7) is 8.04. The molecule has 1 aromatic rings. The van der Waals surface area contributed by atoms with Gasteiger partial charge in [-0.25, -0.2) is 0 Å². The Labute approximate surface area is 156 Å². The molecule has 2 unspecified atom stereocenters. The molecular formula is C21H32N2O3. The fourth-order valence-corrected chi connectivity index (χ4v) is 4.90. The lowest BCUT2D eigenvalue weighted by Crippen LogP contribution is -2.41. The minimum atomic E-state index is 0.285. The van der Waals surface area contributed by atoms with E-state index in [2.05, 4.69) is 21.9 Å². The zero-order valence-electron chi connectivity index (χ0n) is 16.0. The van der Waals surface area contributed by atoms with E-state index in [1.165, 1.54) is 36.0 Å². The van der Waals surface area contributed by atoms with Gasteiger partial charge in [0.05, 0.1) is 20.3 Å². The molecular weight excluding hydrogens is 328 g/mol. The smallest absolute Gasteiger partial charge is 0.123 e. The molecule has 5 nitrogen and oxygen atoms in total. The van der Waals surface area contributed by atoms with Crippen LogP contribution in [0.25, 0.3) is 0 Å². The van der Waals surface area contributed by atoms with E-state index in [-0.39, 0.29) is 6.61 Å². The number of nitrogens with zero attached hydrogens (tertiary/aromatic N) is 2. The highest BCUT2D eigenvalue weighted by Gasteiger charge is 2.34. The zero-order valence-corrected chi connectivity index (χ0v) is 16.0. The van der Waals surface area contributed by atoms with E-state index in [4.69, 9.17) is 9.47 Å². The van der Waals surface area contributed by atoms with Crippen molar-refractivity contribution in [1.82, 2.24) is 9.80 Å². The summed E-state index contributed by atoms with van der Waals surface area (Å²) in [6, 6.07) is 4.62. The molecule has 2 saturated heterocycles. The number of hydrogen-bond donors (Lipinski definition) is 1. The van der Waals surface area contributed by atoms with E-state index in [0.717, 1.165) is 58.2 Å². The lowest BCUT2D eigenvalue weighted by atomic mass is 9.96. The fraction of sp³-hybridized carbons (Fsp3) is 0.714. The van der Waals surface area contributed by atoms with Crippen LogP contribution in [-0.2, 0) is 24.1 Å². The Bertz CT molecular complexity index is 616. The standard InChI is InChI=1S/C21H32N2O3/c1-25-21-10-17-4-2-3-16(17)9-18(21)11-23-13-19(20(14-23)15-24)12-22-5-7-26-8-6-22/h9-10,19-20,24H,2-8,11-15H2,1H3. The van der Waals surface area contributed by atoms with Crippen LogP contribution in [-0.4, -0.2) is 74.6 Å². The molecule has 1 aromatic carbocycles. The highest BCUT2D eigenvalue weighted by atomic mass is 16.5. The normalized spacial score (nSPS) is 27.0. The summed E-state index contributed by atoms with van der Waals surface area (Å²) in [6.07, 6.45) is 3.65. The molecule has 144 valence electrons. The van der Waals surface area contributed by atoms with Gasteiger partial charge in [-0.3, -0.25) is 9.80 Å². The number of aryl methyl sites for hydroxylation is 2. The van der Waals surface area contributed by atoms with Crippen molar-refractivity contribution in [3.8, 4) is 5.75 Å². The first-order valence-corrected chi connectivity index (χ1v) is 10.1. The summed E-state index contributed by atoms with van der Waals surface area (Å²) in [5.41, 5.74) is 4.27. The number of hydrogen-bond acceptors (Lipinski definition) is 5. The molecule has 1 N–H and O–H groups in total. The molecule has 0 spiro atoms. The zero-order chi connectivity index (χ0) is 17.9. The molecule has 0 aromatic heterocycles. The summed E-state index contributed by atoms with van der Waals surface area (Å²) >= 11 is 0. The lowest BCUT2D eigenvalue weighted by molar-refractivity contribution is 0.0264. The average Bonchev–Trinajstić information content (AvgIpc) is 3.28. The van der Waals surface area contributed by atoms with Gasteiger partial charge >= 0.3 is 0 Å². The van der Waals surface area contributed by atoms with Crippen LogP contribution in [0.15, 0.2) is 12.1 Å². The minimum absolute atomic E-state index is 0.285. The molecule has 26 heavy (non-hydrogen) atoms. The number of fused-ring (bicyclic) bond motifs is 1. The maximum Gasteiger partial charge on any atom is 0.123 e. The van der Waals surface area contributed by atoms with E-state index in [1.54, 1.807) is 7.11 Å². The third kappa shape index (κ3) is 3.91. The molecule has 2 heterocycles. The van der Waals surface area contributed by atoms with Gasteiger partial charge in [-0.05, 0) is 48.3 Å². The van der Waals surface area contributed by atoms with Crippen LogP contribution in [0.5, 0.6) is 5.75 Å². The number of aliphatic hydroxyl groups excluding tert-OH is 1. The van der Waals surface area contributed by atoms with Crippen LogP contribution in [0, 0.1) is 11.8 Å². The number of benzene rings is 1. The molecule has 0 bridgehead atoms. The predicted octanol–water partition coefficient (Wildman–Crippen LogP) is 1.56. The number of ether oxygens (including phenoxy) is 2. The van der Waals surface area contributed by atoms with Crippen LogP contribution < -0.4 is 4.74 Å². The van der Waals surface area contributed by atoms with Gasteiger partial charge in [0.15, 0.2) is 0 Å². The monoisotopic (exact) mass is 360 g/mol. The predicted molar refractivity (Wildman–Crippen MR) is 102 cm³/mol. The lowest BCUT2D eigenvalue weighted by Gasteiger charge is -2.30. The van der Waals surface area contributed by atoms with Gasteiger partial charge in [0, 0.05) is 51.4 Å². The van der Waals surface area contributed by atoms with Crippen LogP contribution in [0.4, 0.5) is 0 Å². The molecule has 0 saturated carbocycles. The Kier molecular flexibility index (Phi) is 5.79. The van der Waals surface area contributed by atoms with Gasteiger partial charge in [0.2, 0.25) is 0 Å². The summed E-state index contributed by atoms with van der Waals surface area (Å²) in [5, 5.41) is 9.88. The number of rotatable bonds is 6. The summed E-state index contributed by atoms with van der Waals surface area (Å²) in [5.74, 6) is 1.94. The Balaban J connectivity index is 1.42. The Morgan fingerprint density at radius 3 is 2.54 bits per heavy atom. The SMILES string of the molecule is COc1cc2c(cc1CN1CC(CO)C(CN3CCOCC3)C1)CCC2. The molecule has 2 aliphatic heterocycles. The fourth-order valence-electron chi connectivity index (χ4n) is 4.90. The Morgan fingerprint density at radius 1 is 1.08 bits per heavy atom. The van der Waals surface area contributed by atoms with Gasteiger partial charge in [-0.15, -0.1) is 0 Å². The van der Waals surface area contributed by atoms with Gasteiger partial charge in [-0.1, -0.05) is 6.07 Å². The molecule has 2 fully saturated rings. The van der Waals surface area contributed by atoms with Gasteiger partial charge in [0.25, 0.3) is 0 Å². The van der Waals surface area contributed by atoms with Gasteiger partial charge in [0.1, 0.15) is 5.75 Å². The first kappa shape index (κ1) is 18.2. The number of aliphatic hydroxyl groups is 1. The second-order valence-corrected chi connectivity index (χ2v) is 8.10. The number of likely N-dealkylation sites (tertiary alicyclic amines) is 1.